The van der Waals surface area contributed by atoms with Gasteiger partial charge in [0, 0.05) is 0 Å². The number of hydrogen-bond donors (Lipinski definition) is 0. The summed E-state index contributed by atoms with van der Waals surface area (Å²) in [4.78, 5) is 11.7. The maximum atomic E-state index is 11.7. The summed E-state index contributed by atoms with van der Waals surface area (Å²) >= 11 is 0. The molecule has 0 saturated heterocycles. The highest BCUT2D eigenvalue weighted by atomic mass is 16.5. The molecule has 0 heterocycles. The molecular formula is C16H22O5. The Balaban J connectivity index is 3.32. The highest BCUT2D eigenvalue weighted by Crippen LogP contribution is 2.33. The lowest BCUT2D eigenvalue weighted by atomic mass is 10.1. The zero-order chi connectivity index (χ0) is 15.8. The summed E-state index contributed by atoms with van der Waals surface area (Å²) in [6.07, 6.45) is 1.32. The molecule has 0 amide bonds. The monoisotopic (exact) mass is 294 g/mol. The molecule has 5 nitrogen and oxygen atoms in total. The molecule has 1 aromatic rings. The highest BCUT2D eigenvalue weighted by molar-refractivity contribution is 5.90. The fourth-order valence-corrected chi connectivity index (χ4v) is 1.89. The van der Waals surface area contributed by atoms with E-state index in [1.54, 1.807) is 27.2 Å². The lowest BCUT2D eigenvalue weighted by molar-refractivity contribution is -0.137. The molecule has 0 aliphatic heterocycles. The molecule has 0 aromatic heterocycles. The number of hydrogen-bond acceptors (Lipinski definition) is 5. The van der Waals surface area contributed by atoms with Crippen molar-refractivity contribution >= 4 is 11.7 Å². The first kappa shape index (κ1) is 16.9. The van der Waals surface area contributed by atoms with Crippen molar-refractivity contribution in [1.29, 1.82) is 0 Å². The van der Waals surface area contributed by atoms with Crippen molar-refractivity contribution in [3.63, 3.8) is 0 Å². The van der Waals surface area contributed by atoms with Crippen LogP contribution < -0.4 is 9.47 Å². The third-order valence-corrected chi connectivity index (χ3v) is 2.82. The van der Waals surface area contributed by atoms with Crippen LogP contribution in [0.1, 0.15) is 25.0 Å². The molecule has 0 aliphatic carbocycles. The van der Waals surface area contributed by atoms with Gasteiger partial charge in [-0.25, -0.2) is 4.79 Å². The van der Waals surface area contributed by atoms with Gasteiger partial charge < -0.3 is 18.9 Å². The van der Waals surface area contributed by atoms with Crippen molar-refractivity contribution in [2.24, 2.45) is 0 Å². The summed E-state index contributed by atoms with van der Waals surface area (Å²) < 4.78 is 21.2. The van der Waals surface area contributed by atoms with Crippen LogP contribution >= 0.6 is 0 Å². The van der Waals surface area contributed by atoms with Crippen LogP contribution in [0.15, 0.2) is 18.2 Å². The van der Waals surface area contributed by atoms with Gasteiger partial charge in [0.15, 0.2) is 0 Å². The Morgan fingerprint density at radius 3 is 2.19 bits per heavy atom. The summed E-state index contributed by atoms with van der Waals surface area (Å²) in [7, 11) is 3.16. The first-order chi connectivity index (χ1) is 10.1. The van der Waals surface area contributed by atoms with E-state index in [9.17, 15) is 4.79 Å². The van der Waals surface area contributed by atoms with Crippen LogP contribution in [-0.4, -0.2) is 33.4 Å². The van der Waals surface area contributed by atoms with Gasteiger partial charge in [0.1, 0.15) is 17.3 Å². The van der Waals surface area contributed by atoms with Gasteiger partial charge in [-0.2, -0.15) is 0 Å². The van der Waals surface area contributed by atoms with Crippen LogP contribution in [0.3, 0.4) is 0 Å². The van der Waals surface area contributed by atoms with E-state index in [4.69, 9.17) is 18.9 Å². The van der Waals surface area contributed by atoms with Gasteiger partial charge in [-0.1, -0.05) is 0 Å². The standard InChI is InChI=1S/C16H22O5/c1-6-20-15(10-16(17)21-7-2)12-9-13(18-4)11(3)8-14(12)19-5/h8-10H,6-7H2,1-5H3/b15-10+. The first-order valence-corrected chi connectivity index (χ1v) is 6.81. The average molecular weight is 294 g/mol. The number of aryl methyl sites for hydroxylation is 1. The second kappa shape index (κ2) is 8.19. The fourth-order valence-electron chi connectivity index (χ4n) is 1.89. The van der Waals surface area contributed by atoms with Crippen LogP contribution in [0.5, 0.6) is 11.5 Å². The Hall–Kier alpha value is -2.17. The molecule has 116 valence electrons. The molecule has 0 spiro atoms. The topological polar surface area (TPSA) is 54.0 Å². The zero-order valence-electron chi connectivity index (χ0n) is 13.2. The third kappa shape index (κ3) is 4.41. The van der Waals surface area contributed by atoms with Gasteiger partial charge in [-0.15, -0.1) is 0 Å². The minimum atomic E-state index is -0.456. The van der Waals surface area contributed by atoms with E-state index >= 15 is 0 Å². The van der Waals surface area contributed by atoms with E-state index in [1.807, 2.05) is 19.9 Å². The van der Waals surface area contributed by atoms with E-state index in [1.165, 1.54) is 6.08 Å². The quantitative estimate of drug-likeness (QED) is 0.439. The Morgan fingerprint density at radius 2 is 1.67 bits per heavy atom. The van der Waals surface area contributed by atoms with Gasteiger partial charge in [-0.05, 0) is 38.5 Å². The normalized spacial score (nSPS) is 11.0. The zero-order valence-corrected chi connectivity index (χ0v) is 13.2. The molecule has 5 heteroatoms. The summed E-state index contributed by atoms with van der Waals surface area (Å²) in [6, 6.07) is 3.63. The van der Waals surface area contributed by atoms with E-state index in [2.05, 4.69) is 0 Å². The Bertz CT molecular complexity index is 520. The molecule has 0 fully saturated rings. The van der Waals surface area contributed by atoms with Crippen LogP contribution in [0.25, 0.3) is 5.76 Å². The Morgan fingerprint density at radius 1 is 1.05 bits per heavy atom. The van der Waals surface area contributed by atoms with Crippen molar-refractivity contribution in [3.05, 3.63) is 29.3 Å². The van der Waals surface area contributed by atoms with E-state index in [-0.39, 0.29) is 0 Å². The maximum absolute atomic E-state index is 11.7. The molecule has 21 heavy (non-hydrogen) atoms. The number of carbonyl (C=O) groups excluding carboxylic acids is 1. The van der Waals surface area contributed by atoms with Gasteiger partial charge in [-0.3, -0.25) is 0 Å². The SMILES string of the molecule is CCOC(=O)/C=C(/OCC)c1cc(OC)c(C)cc1OC. The highest BCUT2D eigenvalue weighted by Gasteiger charge is 2.15. The number of esters is 1. The molecule has 0 unspecified atom stereocenters. The van der Waals surface area contributed by atoms with E-state index < -0.39 is 5.97 Å². The lowest BCUT2D eigenvalue weighted by Crippen LogP contribution is -2.04. The van der Waals surface area contributed by atoms with Crippen molar-refractivity contribution in [1.82, 2.24) is 0 Å². The van der Waals surface area contributed by atoms with Crippen LogP contribution in [0.4, 0.5) is 0 Å². The molecule has 0 saturated carbocycles. The third-order valence-electron chi connectivity index (χ3n) is 2.82. The fraction of sp³-hybridized carbons (Fsp3) is 0.438. The molecule has 0 aliphatic rings. The molecule has 1 rings (SSSR count). The largest absolute Gasteiger partial charge is 0.496 e. The van der Waals surface area contributed by atoms with Gasteiger partial charge >= 0.3 is 5.97 Å². The second-order valence-electron chi connectivity index (χ2n) is 4.22. The van der Waals surface area contributed by atoms with Crippen LogP contribution in [0, 0.1) is 6.92 Å². The van der Waals surface area contributed by atoms with Gasteiger partial charge in [0.25, 0.3) is 0 Å². The van der Waals surface area contributed by atoms with E-state index in [0.717, 1.165) is 5.56 Å². The molecule has 1 aromatic carbocycles. The maximum Gasteiger partial charge on any atom is 0.334 e. The van der Waals surface area contributed by atoms with Crippen LogP contribution in [0.2, 0.25) is 0 Å². The van der Waals surface area contributed by atoms with Crippen molar-refractivity contribution in [3.8, 4) is 11.5 Å². The van der Waals surface area contributed by atoms with Crippen molar-refractivity contribution < 1.29 is 23.7 Å². The Labute approximate surface area is 125 Å². The number of benzene rings is 1. The first-order valence-electron chi connectivity index (χ1n) is 6.81. The number of methoxy groups -OCH3 is 2. The van der Waals surface area contributed by atoms with E-state index in [0.29, 0.717) is 36.0 Å². The molecule has 0 radical (unpaired) electrons. The van der Waals surface area contributed by atoms with Crippen LogP contribution in [-0.2, 0) is 14.3 Å². The Kier molecular flexibility index (Phi) is 6.59. The molecular weight excluding hydrogens is 272 g/mol. The lowest BCUT2D eigenvalue weighted by Gasteiger charge is -2.15. The summed E-state index contributed by atoms with van der Waals surface area (Å²) in [6.45, 7) is 6.24. The minimum Gasteiger partial charge on any atom is -0.496 e. The summed E-state index contributed by atoms with van der Waals surface area (Å²) in [5.41, 5.74) is 1.58. The smallest absolute Gasteiger partial charge is 0.334 e. The molecule has 0 N–H and O–H groups in total. The van der Waals surface area contributed by atoms with Gasteiger partial charge in [0.2, 0.25) is 0 Å². The second-order valence-corrected chi connectivity index (χ2v) is 4.22. The minimum absolute atomic E-state index is 0.309. The number of rotatable bonds is 7. The number of carbonyl (C=O) groups is 1. The molecule has 0 bridgehead atoms. The van der Waals surface area contributed by atoms with Gasteiger partial charge in [0.05, 0.1) is 39.1 Å². The predicted molar refractivity (Wildman–Crippen MR) is 80.5 cm³/mol. The predicted octanol–water partition coefficient (Wildman–Crippen LogP) is 2.95. The average Bonchev–Trinajstić information content (AvgIpc) is 2.46. The van der Waals surface area contributed by atoms with Crippen molar-refractivity contribution in [2.75, 3.05) is 27.4 Å². The van der Waals surface area contributed by atoms with Crippen molar-refractivity contribution in [2.45, 2.75) is 20.8 Å². The molecule has 0 atom stereocenters. The summed E-state index contributed by atoms with van der Waals surface area (Å²) in [5, 5.41) is 0. The summed E-state index contributed by atoms with van der Waals surface area (Å²) in [5.74, 6) is 1.24. The number of ether oxygens (including phenoxy) is 4.